The van der Waals surface area contributed by atoms with Gasteiger partial charge in [-0.1, -0.05) is 0 Å². The molecule has 0 bridgehead atoms. The number of amides is 1. The van der Waals surface area contributed by atoms with Crippen molar-refractivity contribution in [1.29, 1.82) is 0 Å². The largest absolute Gasteiger partial charge is 0.331 e. The molecule has 1 aliphatic rings. The highest BCUT2D eigenvalue weighted by Gasteiger charge is 2.39. The van der Waals surface area contributed by atoms with E-state index in [1.807, 2.05) is 24.1 Å². The van der Waals surface area contributed by atoms with E-state index in [1.165, 1.54) is 11.3 Å². The Kier molecular flexibility index (Phi) is 3.90. The van der Waals surface area contributed by atoms with Crippen molar-refractivity contribution in [2.45, 2.75) is 25.3 Å². The van der Waals surface area contributed by atoms with Gasteiger partial charge >= 0.3 is 0 Å². The summed E-state index contributed by atoms with van der Waals surface area (Å²) in [6, 6.07) is 3.83. The van der Waals surface area contributed by atoms with Crippen molar-refractivity contribution in [2.24, 2.45) is 0 Å². The lowest BCUT2D eigenvalue weighted by Gasteiger charge is -2.35. The highest BCUT2D eigenvalue weighted by atomic mass is 79.9. The van der Waals surface area contributed by atoms with Gasteiger partial charge in [0.25, 0.3) is 5.91 Å². The molecular weight excluding hydrogens is 300 g/mol. The van der Waals surface area contributed by atoms with Crippen LogP contribution in [0.3, 0.4) is 0 Å². The number of hydrogen-bond donors (Lipinski definition) is 1. The monoisotopic (exact) mass is 316 g/mol. The van der Waals surface area contributed by atoms with Crippen LogP contribution in [0.5, 0.6) is 0 Å². The van der Waals surface area contributed by atoms with Crippen LogP contribution in [0.15, 0.2) is 15.9 Å². The summed E-state index contributed by atoms with van der Waals surface area (Å²) in [5.74, 6) is 0.163. The van der Waals surface area contributed by atoms with Crippen LogP contribution in [-0.4, -0.2) is 36.5 Å². The zero-order valence-corrected chi connectivity index (χ0v) is 12.5. The highest BCUT2D eigenvalue weighted by molar-refractivity contribution is 9.11. The lowest BCUT2D eigenvalue weighted by atomic mass is 9.99. The van der Waals surface area contributed by atoms with E-state index in [-0.39, 0.29) is 11.4 Å². The zero-order chi connectivity index (χ0) is 12.5. The molecule has 0 radical (unpaired) electrons. The van der Waals surface area contributed by atoms with E-state index in [0.29, 0.717) is 0 Å². The first-order chi connectivity index (χ1) is 8.07. The number of thiophene rings is 1. The molecular formula is C12H17BrN2OS. The molecule has 1 atom stereocenters. The molecule has 1 unspecified atom stereocenters. The van der Waals surface area contributed by atoms with Gasteiger partial charge in [0, 0.05) is 13.1 Å². The number of carbonyl (C=O) groups excluding carboxylic acids is 1. The predicted molar refractivity (Wildman–Crippen MR) is 74.6 cm³/mol. The van der Waals surface area contributed by atoms with Gasteiger partial charge in [-0.25, -0.2) is 0 Å². The van der Waals surface area contributed by atoms with E-state index in [1.54, 1.807) is 0 Å². The first kappa shape index (κ1) is 13.1. The van der Waals surface area contributed by atoms with Crippen molar-refractivity contribution in [3.63, 3.8) is 0 Å². The Balaban J connectivity index is 2.19. The van der Waals surface area contributed by atoms with Crippen LogP contribution < -0.4 is 5.32 Å². The molecule has 1 fully saturated rings. The van der Waals surface area contributed by atoms with Gasteiger partial charge in [0.2, 0.25) is 0 Å². The fourth-order valence-corrected chi connectivity index (χ4v) is 3.83. The summed E-state index contributed by atoms with van der Waals surface area (Å²) in [5.41, 5.74) is -0.0394. The molecule has 0 saturated carbocycles. The lowest BCUT2D eigenvalue weighted by Crippen LogP contribution is -2.50. The maximum Gasteiger partial charge on any atom is 0.264 e. The van der Waals surface area contributed by atoms with Crippen molar-refractivity contribution >= 4 is 33.2 Å². The van der Waals surface area contributed by atoms with Gasteiger partial charge in [-0.2, -0.15) is 0 Å². The second kappa shape index (κ2) is 5.08. The van der Waals surface area contributed by atoms with Gasteiger partial charge in [-0.05, 0) is 54.9 Å². The van der Waals surface area contributed by atoms with Crippen molar-refractivity contribution in [3.05, 3.63) is 20.8 Å². The number of nitrogens with zero attached hydrogens (tertiary/aromatic N) is 1. The number of rotatable bonds is 3. The fourth-order valence-electron chi connectivity index (χ4n) is 2.50. The summed E-state index contributed by atoms with van der Waals surface area (Å²) in [6.07, 6.45) is 2.17. The molecule has 0 aliphatic carbocycles. The standard InChI is InChI=1S/C12H17BrN2OS/c1-12(8-14-2)6-3-7-15(12)11(16)9-4-5-10(13)17-9/h4-5,14H,3,6-8H2,1-2H3. The third-order valence-electron chi connectivity index (χ3n) is 3.34. The van der Waals surface area contributed by atoms with Crippen LogP contribution in [-0.2, 0) is 0 Å². The Morgan fingerprint density at radius 2 is 2.41 bits per heavy atom. The number of likely N-dealkylation sites (N-methyl/N-ethyl adjacent to an activating group) is 1. The lowest BCUT2D eigenvalue weighted by molar-refractivity contribution is 0.0631. The molecule has 94 valence electrons. The third-order valence-corrected chi connectivity index (χ3v) is 4.95. The van der Waals surface area contributed by atoms with E-state index in [2.05, 4.69) is 28.2 Å². The normalized spacial score (nSPS) is 24.3. The van der Waals surface area contributed by atoms with Crippen LogP contribution in [0.2, 0.25) is 0 Å². The predicted octanol–water partition coefficient (Wildman–Crippen LogP) is 2.72. The Hall–Kier alpha value is -0.390. The molecule has 5 heteroatoms. The van der Waals surface area contributed by atoms with Gasteiger partial charge in [0.05, 0.1) is 14.2 Å². The summed E-state index contributed by atoms with van der Waals surface area (Å²) in [7, 11) is 1.94. The average Bonchev–Trinajstić information content (AvgIpc) is 2.85. The molecule has 1 saturated heterocycles. The van der Waals surface area contributed by atoms with E-state index in [0.717, 1.165) is 34.6 Å². The van der Waals surface area contributed by atoms with Crippen molar-refractivity contribution in [3.8, 4) is 0 Å². The van der Waals surface area contributed by atoms with Crippen LogP contribution >= 0.6 is 27.3 Å². The second-order valence-corrected chi connectivity index (χ2v) is 7.15. The van der Waals surface area contributed by atoms with Crippen molar-refractivity contribution in [2.75, 3.05) is 20.1 Å². The zero-order valence-electron chi connectivity index (χ0n) is 10.1. The quantitative estimate of drug-likeness (QED) is 0.930. The minimum Gasteiger partial charge on any atom is -0.331 e. The second-order valence-electron chi connectivity index (χ2n) is 4.69. The summed E-state index contributed by atoms with van der Waals surface area (Å²) < 4.78 is 1.01. The van der Waals surface area contributed by atoms with E-state index < -0.39 is 0 Å². The van der Waals surface area contributed by atoms with Crippen LogP contribution in [0, 0.1) is 0 Å². The highest BCUT2D eigenvalue weighted by Crippen LogP contribution is 2.32. The smallest absolute Gasteiger partial charge is 0.264 e. The SMILES string of the molecule is CNCC1(C)CCCN1C(=O)c1ccc(Br)s1. The third kappa shape index (κ3) is 2.56. The van der Waals surface area contributed by atoms with E-state index in [9.17, 15) is 4.79 Å². The average molecular weight is 317 g/mol. The number of likely N-dealkylation sites (tertiary alicyclic amines) is 1. The molecule has 3 nitrogen and oxygen atoms in total. The molecule has 17 heavy (non-hydrogen) atoms. The van der Waals surface area contributed by atoms with E-state index >= 15 is 0 Å². The minimum atomic E-state index is -0.0394. The van der Waals surface area contributed by atoms with Crippen LogP contribution in [0.4, 0.5) is 0 Å². The molecule has 1 aromatic rings. The van der Waals surface area contributed by atoms with E-state index in [4.69, 9.17) is 0 Å². The summed E-state index contributed by atoms with van der Waals surface area (Å²) in [6.45, 7) is 3.88. The molecule has 2 rings (SSSR count). The summed E-state index contributed by atoms with van der Waals surface area (Å²) in [4.78, 5) is 15.3. The van der Waals surface area contributed by atoms with Gasteiger partial charge in [-0.3, -0.25) is 4.79 Å². The molecule has 1 aromatic heterocycles. The van der Waals surface area contributed by atoms with Gasteiger partial charge < -0.3 is 10.2 Å². The molecule has 0 aromatic carbocycles. The number of carbonyl (C=O) groups is 1. The van der Waals surface area contributed by atoms with Gasteiger partial charge in [0.1, 0.15) is 0 Å². The molecule has 1 aliphatic heterocycles. The maximum absolute atomic E-state index is 12.4. The first-order valence-electron chi connectivity index (χ1n) is 5.79. The first-order valence-corrected chi connectivity index (χ1v) is 7.40. The van der Waals surface area contributed by atoms with Gasteiger partial charge in [-0.15, -0.1) is 11.3 Å². The Labute approximate surface area is 114 Å². The summed E-state index contributed by atoms with van der Waals surface area (Å²) >= 11 is 4.91. The molecule has 1 N–H and O–H groups in total. The van der Waals surface area contributed by atoms with Crippen molar-refractivity contribution < 1.29 is 4.79 Å². The number of hydrogen-bond acceptors (Lipinski definition) is 3. The van der Waals surface area contributed by atoms with Crippen molar-refractivity contribution in [1.82, 2.24) is 10.2 Å². The summed E-state index contributed by atoms with van der Waals surface area (Å²) in [5, 5.41) is 3.19. The van der Waals surface area contributed by atoms with Gasteiger partial charge in [0.15, 0.2) is 0 Å². The molecule has 0 spiro atoms. The Bertz CT molecular complexity index is 420. The Morgan fingerprint density at radius 3 is 3.00 bits per heavy atom. The fraction of sp³-hybridized carbons (Fsp3) is 0.583. The Morgan fingerprint density at radius 1 is 1.65 bits per heavy atom. The van der Waals surface area contributed by atoms with Crippen LogP contribution in [0.1, 0.15) is 29.4 Å². The van der Waals surface area contributed by atoms with Crippen LogP contribution in [0.25, 0.3) is 0 Å². The molecule has 2 heterocycles. The number of halogens is 1. The minimum absolute atomic E-state index is 0.0394. The maximum atomic E-state index is 12.4. The number of nitrogens with one attached hydrogen (secondary N) is 1. The molecule has 1 amide bonds. The topological polar surface area (TPSA) is 32.3 Å².